The number of para-hydroxylation sites is 2. The monoisotopic (exact) mass is 395 g/mol. The predicted octanol–water partition coefficient (Wildman–Crippen LogP) is 4.04. The summed E-state index contributed by atoms with van der Waals surface area (Å²) in [6.45, 7) is 0.758. The molecule has 2 N–H and O–H groups in total. The van der Waals surface area contributed by atoms with Gasteiger partial charge in [-0.15, -0.1) is 0 Å². The average molecular weight is 396 g/mol. The third kappa shape index (κ3) is 4.33. The third-order valence-electron chi connectivity index (χ3n) is 5.08. The van der Waals surface area contributed by atoms with Crippen LogP contribution in [-0.4, -0.2) is 34.5 Å². The van der Waals surface area contributed by atoms with Gasteiger partial charge in [-0.05, 0) is 54.2 Å². The molecular formula is C22H25N3O2S. The standard InChI is InChI=1S/C22H25N3O2S/c1-28-13-11-19(22-24-17-4-2-3-5-18(17)25-22)23-21(26)9-7-15-6-8-20-16(14-15)10-12-27-20/h2-6,8,14,19H,7,9-13H2,1H3,(H,23,26)(H,24,25). The smallest absolute Gasteiger partial charge is 0.220 e. The number of ether oxygens (including phenoxy) is 1. The topological polar surface area (TPSA) is 67.0 Å². The fourth-order valence-corrected chi connectivity index (χ4v) is 4.04. The number of amides is 1. The molecule has 0 spiro atoms. The molecule has 0 saturated carbocycles. The van der Waals surface area contributed by atoms with Gasteiger partial charge in [-0.1, -0.05) is 24.3 Å². The van der Waals surface area contributed by atoms with E-state index in [1.807, 2.05) is 30.3 Å². The lowest BCUT2D eigenvalue weighted by molar-refractivity contribution is -0.121. The normalized spacial score (nSPS) is 13.9. The van der Waals surface area contributed by atoms with E-state index in [0.29, 0.717) is 6.42 Å². The Morgan fingerprint density at radius 3 is 3.07 bits per heavy atom. The lowest BCUT2D eigenvalue weighted by Gasteiger charge is -2.16. The van der Waals surface area contributed by atoms with E-state index < -0.39 is 0 Å². The summed E-state index contributed by atoms with van der Waals surface area (Å²) >= 11 is 1.78. The Morgan fingerprint density at radius 1 is 1.32 bits per heavy atom. The number of carbonyl (C=O) groups is 1. The number of aromatic amines is 1. The molecule has 0 saturated heterocycles. The fourth-order valence-electron chi connectivity index (χ4n) is 3.57. The van der Waals surface area contributed by atoms with Crippen molar-refractivity contribution in [3.8, 4) is 5.75 Å². The van der Waals surface area contributed by atoms with Gasteiger partial charge >= 0.3 is 0 Å². The van der Waals surface area contributed by atoms with Gasteiger partial charge in [-0.25, -0.2) is 4.98 Å². The minimum atomic E-state index is -0.0965. The summed E-state index contributed by atoms with van der Waals surface area (Å²) < 4.78 is 5.55. The molecule has 3 aromatic rings. The Hall–Kier alpha value is -2.47. The summed E-state index contributed by atoms with van der Waals surface area (Å²) in [4.78, 5) is 20.7. The molecule has 1 unspecified atom stereocenters. The summed E-state index contributed by atoms with van der Waals surface area (Å²) in [6, 6.07) is 14.1. The molecule has 2 heterocycles. The van der Waals surface area contributed by atoms with Crippen molar-refractivity contribution in [1.82, 2.24) is 15.3 Å². The molecule has 0 fully saturated rings. The number of benzene rings is 2. The molecule has 0 aliphatic carbocycles. The van der Waals surface area contributed by atoms with Crippen LogP contribution in [0.5, 0.6) is 5.75 Å². The maximum absolute atomic E-state index is 12.6. The number of rotatable bonds is 8. The highest BCUT2D eigenvalue weighted by atomic mass is 32.2. The molecule has 4 rings (SSSR count). The Labute approximate surface area is 169 Å². The summed E-state index contributed by atoms with van der Waals surface area (Å²) in [5, 5.41) is 3.18. The van der Waals surface area contributed by atoms with E-state index in [1.54, 1.807) is 11.8 Å². The average Bonchev–Trinajstić information content (AvgIpc) is 3.35. The van der Waals surface area contributed by atoms with E-state index in [9.17, 15) is 4.79 Å². The van der Waals surface area contributed by atoms with Crippen LogP contribution in [0, 0.1) is 0 Å². The zero-order valence-corrected chi connectivity index (χ0v) is 16.8. The van der Waals surface area contributed by atoms with Gasteiger partial charge < -0.3 is 15.0 Å². The Balaban J connectivity index is 1.40. The first-order valence-electron chi connectivity index (χ1n) is 9.70. The number of aryl methyl sites for hydroxylation is 1. The van der Waals surface area contributed by atoms with Crippen molar-refractivity contribution in [1.29, 1.82) is 0 Å². The van der Waals surface area contributed by atoms with Gasteiger partial charge in [-0.2, -0.15) is 11.8 Å². The van der Waals surface area contributed by atoms with E-state index in [2.05, 4.69) is 33.7 Å². The summed E-state index contributed by atoms with van der Waals surface area (Å²) in [5.74, 6) is 2.84. The van der Waals surface area contributed by atoms with Crippen LogP contribution in [0.15, 0.2) is 42.5 Å². The van der Waals surface area contributed by atoms with E-state index in [4.69, 9.17) is 4.74 Å². The minimum absolute atomic E-state index is 0.0586. The molecule has 0 bridgehead atoms. The highest BCUT2D eigenvalue weighted by molar-refractivity contribution is 7.98. The molecule has 1 amide bonds. The lowest BCUT2D eigenvalue weighted by atomic mass is 10.0. The fraction of sp³-hybridized carbons (Fsp3) is 0.364. The number of hydrogen-bond donors (Lipinski definition) is 2. The lowest BCUT2D eigenvalue weighted by Crippen LogP contribution is -2.30. The molecule has 1 atom stereocenters. The van der Waals surface area contributed by atoms with Gasteiger partial charge in [0, 0.05) is 12.8 Å². The summed E-state index contributed by atoms with van der Waals surface area (Å²) in [6.07, 6.45) is 5.08. The van der Waals surface area contributed by atoms with E-state index in [0.717, 1.165) is 54.2 Å². The molecule has 0 radical (unpaired) electrons. The van der Waals surface area contributed by atoms with Crippen molar-refractivity contribution in [3.05, 3.63) is 59.4 Å². The van der Waals surface area contributed by atoms with Gasteiger partial charge in [0.1, 0.15) is 11.6 Å². The van der Waals surface area contributed by atoms with E-state index in [-0.39, 0.29) is 11.9 Å². The van der Waals surface area contributed by atoms with Crippen molar-refractivity contribution >= 4 is 28.7 Å². The first-order chi connectivity index (χ1) is 13.7. The van der Waals surface area contributed by atoms with Crippen LogP contribution in [0.4, 0.5) is 0 Å². The second-order valence-electron chi connectivity index (χ2n) is 7.08. The molecule has 28 heavy (non-hydrogen) atoms. The quantitative estimate of drug-likeness (QED) is 0.604. The number of hydrogen-bond acceptors (Lipinski definition) is 4. The zero-order valence-electron chi connectivity index (χ0n) is 16.0. The zero-order chi connectivity index (χ0) is 19.3. The first kappa shape index (κ1) is 18.9. The van der Waals surface area contributed by atoms with E-state index in [1.165, 1.54) is 11.1 Å². The van der Waals surface area contributed by atoms with Crippen molar-refractivity contribution in [2.45, 2.75) is 31.7 Å². The third-order valence-corrected chi connectivity index (χ3v) is 5.72. The van der Waals surface area contributed by atoms with Gasteiger partial charge in [0.2, 0.25) is 5.91 Å². The van der Waals surface area contributed by atoms with Gasteiger partial charge in [0.15, 0.2) is 0 Å². The van der Waals surface area contributed by atoms with Crippen LogP contribution in [0.1, 0.15) is 35.8 Å². The van der Waals surface area contributed by atoms with Crippen LogP contribution in [0.3, 0.4) is 0 Å². The molecular weight excluding hydrogens is 370 g/mol. The molecule has 1 aliphatic rings. The van der Waals surface area contributed by atoms with Gasteiger partial charge in [0.25, 0.3) is 0 Å². The highest BCUT2D eigenvalue weighted by Crippen LogP contribution is 2.26. The maximum Gasteiger partial charge on any atom is 0.220 e. The second-order valence-corrected chi connectivity index (χ2v) is 8.07. The number of thioether (sulfide) groups is 1. The molecule has 146 valence electrons. The van der Waals surface area contributed by atoms with Crippen LogP contribution in [0.2, 0.25) is 0 Å². The number of fused-ring (bicyclic) bond motifs is 2. The predicted molar refractivity (Wildman–Crippen MR) is 114 cm³/mol. The summed E-state index contributed by atoms with van der Waals surface area (Å²) in [7, 11) is 0. The van der Waals surface area contributed by atoms with Gasteiger partial charge in [0.05, 0.1) is 23.7 Å². The number of carbonyl (C=O) groups excluding carboxylic acids is 1. The number of imidazole rings is 1. The molecule has 1 aromatic heterocycles. The maximum atomic E-state index is 12.6. The second kappa shape index (κ2) is 8.69. The van der Waals surface area contributed by atoms with Crippen LogP contribution in [-0.2, 0) is 17.6 Å². The van der Waals surface area contributed by atoms with Crippen molar-refractivity contribution in [3.63, 3.8) is 0 Å². The van der Waals surface area contributed by atoms with Crippen LogP contribution >= 0.6 is 11.8 Å². The number of H-pyrrole nitrogens is 1. The highest BCUT2D eigenvalue weighted by Gasteiger charge is 2.18. The number of aromatic nitrogens is 2. The summed E-state index contributed by atoms with van der Waals surface area (Å²) in [5.41, 5.74) is 4.37. The van der Waals surface area contributed by atoms with E-state index >= 15 is 0 Å². The number of nitrogens with one attached hydrogen (secondary N) is 2. The largest absolute Gasteiger partial charge is 0.493 e. The molecule has 5 nitrogen and oxygen atoms in total. The molecule has 1 aliphatic heterocycles. The first-order valence-corrected chi connectivity index (χ1v) is 11.1. The van der Waals surface area contributed by atoms with Crippen LogP contribution < -0.4 is 10.1 Å². The van der Waals surface area contributed by atoms with Crippen molar-refractivity contribution in [2.24, 2.45) is 0 Å². The Kier molecular flexibility index (Phi) is 5.86. The number of nitrogens with zero attached hydrogens (tertiary/aromatic N) is 1. The minimum Gasteiger partial charge on any atom is -0.493 e. The van der Waals surface area contributed by atoms with Crippen LogP contribution in [0.25, 0.3) is 11.0 Å². The Morgan fingerprint density at radius 2 is 2.21 bits per heavy atom. The SMILES string of the molecule is CSCCC(NC(=O)CCc1ccc2c(c1)CCO2)c1nc2ccccc2[nH]1. The van der Waals surface area contributed by atoms with Gasteiger partial charge in [-0.3, -0.25) is 4.79 Å². The molecule has 2 aromatic carbocycles. The van der Waals surface area contributed by atoms with Crippen molar-refractivity contribution in [2.75, 3.05) is 18.6 Å². The van der Waals surface area contributed by atoms with Crippen molar-refractivity contribution < 1.29 is 9.53 Å². The molecule has 6 heteroatoms. The Bertz CT molecular complexity index is 936.